The van der Waals surface area contributed by atoms with Crippen LogP contribution >= 0.6 is 0 Å². The van der Waals surface area contributed by atoms with E-state index in [1.54, 1.807) is 25.1 Å². The SMILES string of the molecule is CCCCNC(=O)C1CCN(S(=O)(=O)c2ccccc2C)CC1. The van der Waals surface area contributed by atoms with Crippen LogP contribution in [0.2, 0.25) is 0 Å². The van der Waals surface area contributed by atoms with Crippen LogP contribution in [0.4, 0.5) is 0 Å². The largest absolute Gasteiger partial charge is 0.356 e. The van der Waals surface area contributed by atoms with Gasteiger partial charge in [0.25, 0.3) is 0 Å². The molecule has 1 aromatic carbocycles. The van der Waals surface area contributed by atoms with E-state index >= 15 is 0 Å². The Morgan fingerprint density at radius 1 is 1.26 bits per heavy atom. The number of carbonyl (C=O) groups excluding carboxylic acids is 1. The summed E-state index contributed by atoms with van der Waals surface area (Å²) in [5, 5.41) is 2.94. The number of carbonyl (C=O) groups is 1. The Morgan fingerprint density at radius 3 is 2.52 bits per heavy atom. The van der Waals surface area contributed by atoms with Crippen molar-refractivity contribution in [3.8, 4) is 0 Å². The molecular formula is C17H26N2O3S. The molecule has 6 heteroatoms. The number of hydrogen-bond donors (Lipinski definition) is 1. The molecule has 0 aliphatic carbocycles. The van der Waals surface area contributed by atoms with Crippen molar-refractivity contribution in [2.75, 3.05) is 19.6 Å². The van der Waals surface area contributed by atoms with E-state index < -0.39 is 10.0 Å². The lowest BCUT2D eigenvalue weighted by molar-refractivity contribution is -0.126. The van der Waals surface area contributed by atoms with Gasteiger partial charge in [-0.05, 0) is 37.8 Å². The van der Waals surface area contributed by atoms with Gasteiger partial charge in [-0.3, -0.25) is 4.79 Å². The number of nitrogens with one attached hydrogen (secondary N) is 1. The molecule has 5 nitrogen and oxygen atoms in total. The second kappa shape index (κ2) is 7.93. The predicted octanol–water partition coefficient (Wildman–Crippen LogP) is 2.31. The molecule has 128 valence electrons. The minimum atomic E-state index is -3.46. The van der Waals surface area contributed by atoms with Crippen molar-refractivity contribution in [2.45, 2.75) is 44.4 Å². The van der Waals surface area contributed by atoms with E-state index in [0.717, 1.165) is 18.4 Å². The molecule has 0 unspecified atom stereocenters. The number of rotatable bonds is 6. The summed E-state index contributed by atoms with van der Waals surface area (Å²) in [5.41, 5.74) is 0.756. The second-order valence-corrected chi connectivity index (χ2v) is 7.99. The second-order valence-electron chi connectivity index (χ2n) is 6.09. The Hall–Kier alpha value is -1.40. The number of benzene rings is 1. The van der Waals surface area contributed by atoms with Gasteiger partial charge in [0.1, 0.15) is 0 Å². The van der Waals surface area contributed by atoms with Crippen molar-refractivity contribution in [3.05, 3.63) is 29.8 Å². The summed E-state index contributed by atoms with van der Waals surface area (Å²) in [4.78, 5) is 12.4. The topological polar surface area (TPSA) is 66.5 Å². The molecule has 0 saturated carbocycles. The molecule has 2 rings (SSSR count). The fourth-order valence-electron chi connectivity index (χ4n) is 2.88. The molecule has 0 bridgehead atoms. The molecule has 0 aromatic heterocycles. The summed E-state index contributed by atoms with van der Waals surface area (Å²) in [6.45, 7) is 5.41. The molecule has 1 saturated heterocycles. The first kappa shape index (κ1) is 17.9. The smallest absolute Gasteiger partial charge is 0.243 e. The van der Waals surface area contributed by atoms with Crippen LogP contribution in [0.5, 0.6) is 0 Å². The van der Waals surface area contributed by atoms with Crippen LogP contribution in [-0.2, 0) is 14.8 Å². The summed E-state index contributed by atoms with van der Waals surface area (Å²) in [7, 11) is -3.46. The third-order valence-electron chi connectivity index (χ3n) is 4.37. The molecule has 0 atom stereocenters. The average Bonchev–Trinajstić information content (AvgIpc) is 2.55. The monoisotopic (exact) mass is 338 g/mol. The first-order chi connectivity index (χ1) is 11.0. The highest BCUT2D eigenvalue weighted by Gasteiger charge is 2.32. The Morgan fingerprint density at radius 2 is 1.91 bits per heavy atom. The molecule has 1 heterocycles. The highest BCUT2D eigenvalue weighted by atomic mass is 32.2. The highest BCUT2D eigenvalue weighted by molar-refractivity contribution is 7.89. The first-order valence-electron chi connectivity index (χ1n) is 8.30. The summed E-state index contributed by atoms with van der Waals surface area (Å²) in [6, 6.07) is 7.03. The van der Waals surface area contributed by atoms with E-state index in [2.05, 4.69) is 12.2 Å². The third-order valence-corrected chi connectivity index (χ3v) is 6.42. The van der Waals surface area contributed by atoms with Crippen LogP contribution < -0.4 is 5.32 Å². The lowest BCUT2D eigenvalue weighted by Crippen LogP contribution is -2.43. The zero-order chi connectivity index (χ0) is 16.9. The van der Waals surface area contributed by atoms with Crippen LogP contribution in [-0.4, -0.2) is 38.3 Å². The molecule has 1 aliphatic heterocycles. The fourth-order valence-corrected chi connectivity index (χ4v) is 4.57. The minimum absolute atomic E-state index is 0.0615. The van der Waals surface area contributed by atoms with Gasteiger partial charge in [0.05, 0.1) is 4.90 Å². The van der Waals surface area contributed by atoms with E-state index in [-0.39, 0.29) is 11.8 Å². The molecule has 0 spiro atoms. The number of unbranched alkanes of at least 4 members (excludes halogenated alkanes) is 1. The number of sulfonamides is 1. The maximum Gasteiger partial charge on any atom is 0.243 e. The maximum atomic E-state index is 12.7. The Labute approximate surface area is 139 Å². The van der Waals surface area contributed by atoms with Gasteiger partial charge in [0.2, 0.25) is 15.9 Å². The van der Waals surface area contributed by atoms with Crippen LogP contribution in [0.25, 0.3) is 0 Å². The van der Waals surface area contributed by atoms with Gasteiger partial charge in [-0.1, -0.05) is 31.5 Å². The average molecular weight is 338 g/mol. The van der Waals surface area contributed by atoms with Gasteiger partial charge in [-0.25, -0.2) is 8.42 Å². The predicted molar refractivity (Wildman–Crippen MR) is 90.6 cm³/mol. The van der Waals surface area contributed by atoms with Crippen molar-refractivity contribution in [3.63, 3.8) is 0 Å². The lowest BCUT2D eigenvalue weighted by Gasteiger charge is -2.31. The van der Waals surface area contributed by atoms with Gasteiger partial charge in [0.15, 0.2) is 0 Å². The Balaban J connectivity index is 1.96. The van der Waals surface area contributed by atoms with Crippen LogP contribution in [0.3, 0.4) is 0 Å². The van der Waals surface area contributed by atoms with Gasteiger partial charge in [-0.15, -0.1) is 0 Å². The van der Waals surface area contributed by atoms with E-state index in [1.165, 1.54) is 4.31 Å². The zero-order valence-corrected chi connectivity index (χ0v) is 14.7. The molecule has 0 radical (unpaired) electrons. The van der Waals surface area contributed by atoms with Gasteiger partial charge in [0, 0.05) is 25.6 Å². The van der Waals surface area contributed by atoms with Crippen LogP contribution in [0.1, 0.15) is 38.2 Å². The standard InChI is InChI=1S/C17H26N2O3S/c1-3-4-11-18-17(20)15-9-12-19(13-10-15)23(21,22)16-8-6-5-7-14(16)2/h5-8,15H,3-4,9-13H2,1-2H3,(H,18,20). The highest BCUT2D eigenvalue weighted by Crippen LogP contribution is 2.25. The molecule has 1 aromatic rings. The Kier molecular flexibility index (Phi) is 6.18. The van der Waals surface area contributed by atoms with Crippen molar-refractivity contribution in [2.24, 2.45) is 5.92 Å². The lowest BCUT2D eigenvalue weighted by atomic mass is 9.97. The first-order valence-corrected chi connectivity index (χ1v) is 9.74. The maximum absolute atomic E-state index is 12.7. The fraction of sp³-hybridized carbons (Fsp3) is 0.588. The summed E-state index contributed by atoms with van der Waals surface area (Å²) >= 11 is 0. The third kappa shape index (κ3) is 4.32. The number of aryl methyl sites for hydroxylation is 1. The summed E-state index contributed by atoms with van der Waals surface area (Å²) in [6.07, 6.45) is 3.20. The summed E-state index contributed by atoms with van der Waals surface area (Å²) < 4.78 is 26.9. The van der Waals surface area contributed by atoms with Crippen molar-refractivity contribution in [1.82, 2.24) is 9.62 Å². The number of amides is 1. The zero-order valence-electron chi connectivity index (χ0n) is 13.9. The van der Waals surface area contributed by atoms with Crippen LogP contribution in [0, 0.1) is 12.8 Å². The van der Waals surface area contributed by atoms with E-state index in [0.29, 0.717) is 37.4 Å². The minimum Gasteiger partial charge on any atom is -0.356 e. The van der Waals surface area contributed by atoms with Gasteiger partial charge >= 0.3 is 0 Å². The molecule has 1 N–H and O–H groups in total. The van der Waals surface area contributed by atoms with Crippen molar-refractivity contribution < 1.29 is 13.2 Å². The molecule has 1 aliphatic rings. The van der Waals surface area contributed by atoms with Crippen molar-refractivity contribution >= 4 is 15.9 Å². The van der Waals surface area contributed by atoms with E-state index in [1.807, 2.05) is 6.07 Å². The molecule has 1 amide bonds. The number of nitrogens with zero attached hydrogens (tertiary/aromatic N) is 1. The van der Waals surface area contributed by atoms with Gasteiger partial charge < -0.3 is 5.32 Å². The van der Waals surface area contributed by atoms with Crippen LogP contribution in [0.15, 0.2) is 29.2 Å². The Bertz CT molecular complexity index is 635. The number of hydrogen-bond acceptors (Lipinski definition) is 3. The molecule has 23 heavy (non-hydrogen) atoms. The van der Waals surface area contributed by atoms with E-state index in [9.17, 15) is 13.2 Å². The quantitative estimate of drug-likeness (QED) is 0.810. The van der Waals surface area contributed by atoms with Gasteiger partial charge in [-0.2, -0.15) is 4.31 Å². The normalized spacial score (nSPS) is 17.1. The molecular weight excluding hydrogens is 312 g/mol. The van der Waals surface area contributed by atoms with E-state index in [4.69, 9.17) is 0 Å². The number of piperidine rings is 1. The van der Waals surface area contributed by atoms with Crippen molar-refractivity contribution in [1.29, 1.82) is 0 Å². The summed E-state index contributed by atoms with van der Waals surface area (Å²) in [5.74, 6) is -0.0124. The molecule has 1 fully saturated rings.